The molecule has 6 atom stereocenters. The van der Waals surface area contributed by atoms with Gasteiger partial charge in [-0.3, -0.25) is 19.2 Å². The lowest BCUT2D eigenvalue weighted by Crippen LogP contribution is -2.62. The summed E-state index contributed by atoms with van der Waals surface area (Å²) in [4.78, 5) is 65.4. The number of fused-ring (bicyclic) bond motifs is 1. The summed E-state index contributed by atoms with van der Waals surface area (Å²) in [6, 6.07) is -5.39. The van der Waals surface area contributed by atoms with E-state index < -0.39 is 83.6 Å². The van der Waals surface area contributed by atoms with Crippen LogP contribution < -0.4 is 21.7 Å². The molecule has 0 aromatic carbocycles. The fourth-order valence-corrected chi connectivity index (χ4v) is 5.50. The summed E-state index contributed by atoms with van der Waals surface area (Å²) < 4.78 is 38.6. The zero-order valence-corrected chi connectivity index (χ0v) is 24.9. The fourth-order valence-electron chi connectivity index (χ4n) is 5.50. The summed E-state index contributed by atoms with van der Waals surface area (Å²) in [5, 5.41) is 17.3. The van der Waals surface area contributed by atoms with E-state index in [1.807, 2.05) is 34.6 Å². The number of hydrogen-bond acceptors (Lipinski definition) is 6. The Labute approximate surface area is 238 Å². The van der Waals surface area contributed by atoms with Crippen molar-refractivity contribution < 1.29 is 42.3 Å². The van der Waals surface area contributed by atoms with Gasteiger partial charge < -0.3 is 31.7 Å². The molecule has 14 heteroatoms. The number of aliphatic hydroxyl groups excluding tert-OH is 1. The number of nitrogens with zero attached hydrogens (tertiary/aromatic N) is 1. The van der Waals surface area contributed by atoms with Gasteiger partial charge in [-0.2, -0.15) is 13.2 Å². The summed E-state index contributed by atoms with van der Waals surface area (Å²) in [6.45, 7) is 14.3. The second kappa shape index (κ2) is 11.8. The number of amides is 5. The maximum atomic E-state index is 13.9. The van der Waals surface area contributed by atoms with Gasteiger partial charge in [0.05, 0.1) is 18.7 Å². The third-order valence-corrected chi connectivity index (χ3v) is 8.27. The Morgan fingerprint density at radius 2 is 1.54 bits per heavy atom. The average Bonchev–Trinajstić information content (AvgIpc) is 3.14. The van der Waals surface area contributed by atoms with Crippen molar-refractivity contribution in [2.75, 3.05) is 13.2 Å². The Morgan fingerprint density at radius 1 is 0.976 bits per heavy atom. The number of rotatable bonds is 10. The van der Waals surface area contributed by atoms with E-state index in [1.165, 1.54) is 4.90 Å². The van der Waals surface area contributed by atoms with Gasteiger partial charge in [-0.05, 0) is 34.5 Å². The Morgan fingerprint density at radius 3 is 1.98 bits per heavy atom. The summed E-state index contributed by atoms with van der Waals surface area (Å²) in [6.07, 6.45) is -6.97. The van der Waals surface area contributed by atoms with Gasteiger partial charge in [0.15, 0.2) is 0 Å². The first-order valence-corrected chi connectivity index (χ1v) is 13.6. The largest absolute Gasteiger partial charge is 0.394 e. The number of nitrogens with two attached hydrogens (primary N) is 1. The SMILES string of the molecule is CC(C)(C)[C@H](NC(=O)N[C@H](CO)C(C)(C)C)C(=O)N1C[C@H]2[C@@H](C1C(=O)NC(CCC(F)(F)F)C(=O)C(N)=O)C2(C)C. The van der Waals surface area contributed by atoms with Gasteiger partial charge in [0.2, 0.25) is 17.6 Å². The summed E-state index contributed by atoms with van der Waals surface area (Å²) >= 11 is 0. The number of carbonyl (C=O) groups excluding carboxylic acids is 5. The fraction of sp³-hybridized carbons (Fsp3) is 0.815. The van der Waals surface area contributed by atoms with Crippen molar-refractivity contribution in [2.45, 2.75) is 98.6 Å². The number of aliphatic hydroxyl groups is 1. The second-order valence-electron chi connectivity index (χ2n) is 13.9. The maximum Gasteiger partial charge on any atom is 0.389 e. The summed E-state index contributed by atoms with van der Waals surface area (Å²) in [7, 11) is 0. The molecule has 0 radical (unpaired) electrons. The number of ketones is 1. The Balaban J connectivity index is 2.33. The summed E-state index contributed by atoms with van der Waals surface area (Å²) in [5.74, 6) is -4.76. The highest BCUT2D eigenvalue weighted by atomic mass is 19.4. The number of primary amides is 1. The molecule has 0 spiro atoms. The van der Waals surface area contributed by atoms with Gasteiger partial charge in [-0.1, -0.05) is 55.4 Å². The van der Waals surface area contributed by atoms with Crippen molar-refractivity contribution in [3.05, 3.63) is 0 Å². The number of piperidine rings is 1. The van der Waals surface area contributed by atoms with Crippen LogP contribution in [0.5, 0.6) is 0 Å². The Bertz CT molecular complexity index is 1050. The van der Waals surface area contributed by atoms with Crippen molar-refractivity contribution in [2.24, 2.45) is 33.8 Å². The van der Waals surface area contributed by atoms with E-state index in [9.17, 15) is 42.3 Å². The van der Waals surface area contributed by atoms with Gasteiger partial charge >= 0.3 is 12.2 Å². The standard InChI is InChI=1S/C27H44F3N5O6/c1-24(2,3)15(12-36)33-23(41)34-19(25(4,5)6)22(40)35-11-13-16(26(13,7)8)17(35)21(39)32-14(18(37)20(31)38)9-10-27(28,29)30/h13-17,19,36H,9-12H2,1-8H3,(H2,31,38)(H,32,39)(H2,33,34,41)/t13-,14?,15+,16-,17?,19+/m0/s1. The normalized spacial score (nSPS) is 24.0. The van der Waals surface area contributed by atoms with Crippen LogP contribution in [0.15, 0.2) is 0 Å². The zero-order valence-electron chi connectivity index (χ0n) is 24.9. The molecule has 1 heterocycles. The predicted octanol–water partition coefficient (Wildman–Crippen LogP) is 1.47. The van der Waals surface area contributed by atoms with Crippen LogP contribution in [0.25, 0.3) is 0 Å². The Hall–Kier alpha value is -2.90. The predicted molar refractivity (Wildman–Crippen MR) is 143 cm³/mol. The molecule has 11 nitrogen and oxygen atoms in total. The number of nitrogens with one attached hydrogen (secondary N) is 3. The minimum absolute atomic E-state index is 0.100. The van der Waals surface area contributed by atoms with E-state index in [4.69, 9.17) is 5.73 Å². The van der Waals surface area contributed by atoms with Crippen LogP contribution >= 0.6 is 0 Å². The Kier molecular flexibility index (Phi) is 9.84. The molecule has 5 amide bonds. The maximum absolute atomic E-state index is 13.9. The molecule has 1 aliphatic carbocycles. The second-order valence-corrected chi connectivity index (χ2v) is 13.9. The van der Waals surface area contributed by atoms with E-state index >= 15 is 0 Å². The van der Waals surface area contributed by atoms with E-state index in [0.717, 1.165) is 0 Å². The van der Waals surface area contributed by atoms with Crippen molar-refractivity contribution in [3.63, 3.8) is 0 Å². The molecule has 6 N–H and O–H groups in total. The number of halogens is 3. The first-order valence-electron chi connectivity index (χ1n) is 13.6. The first-order chi connectivity index (χ1) is 18.4. The third-order valence-electron chi connectivity index (χ3n) is 8.27. The number of Topliss-reactive ketones (excluding diaryl/α,β-unsaturated/α-hetero) is 1. The molecule has 1 aliphatic heterocycles. The van der Waals surface area contributed by atoms with E-state index in [0.29, 0.717) is 0 Å². The molecule has 0 bridgehead atoms. The van der Waals surface area contributed by atoms with Gasteiger partial charge in [0, 0.05) is 13.0 Å². The van der Waals surface area contributed by atoms with Gasteiger partial charge in [-0.15, -0.1) is 0 Å². The molecule has 1 saturated heterocycles. The molecular formula is C27H44F3N5O6. The number of carbonyl (C=O) groups is 5. The van der Waals surface area contributed by atoms with E-state index in [1.54, 1.807) is 20.8 Å². The molecule has 234 valence electrons. The lowest BCUT2D eigenvalue weighted by molar-refractivity contribution is -0.147. The number of likely N-dealkylation sites (tertiary alicyclic amines) is 1. The van der Waals surface area contributed by atoms with Crippen molar-refractivity contribution in [1.29, 1.82) is 0 Å². The van der Waals surface area contributed by atoms with Crippen molar-refractivity contribution in [1.82, 2.24) is 20.9 Å². The van der Waals surface area contributed by atoms with Crippen LogP contribution in [0.4, 0.5) is 18.0 Å². The van der Waals surface area contributed by atoms with Crippen LogP contribution in [0.3, 0.4) is 0 Å². The van der Waals surface area contributed by atoms with Crippen LogP contribution in [-0.4, -0.2) is 83.0 Å². The smallest absolute Gasteiger partial charge is 0.389 e. The minimum Gasteiger partial charge on any atom is -0.394 e. The van der Waals surface area contributed by atoms with Crippen LogP contribution in [0.2, 0.25) is 0 Å². The minimum atomic E-state index is -4.64. The first kappa shape index (κ1) is 34.3. The monoisotopic (exact) mass is 591 g/mol. The van der Waals surface area contributed by atoms with E-state index in [-0.39, 0.29) is 30.4 Å². The molecule has 2 fully saturated rings. The molecule has 0 aromatic heterocycles. The van der Waals surface area contributed by atoms with E-state index in [2.05, 4.69) is 16.0 Å². The van der Waals surface area contributed by atoms with Gasteiger partial charge in [-0.25, -0.2) is 4.79 Å². The molecule has 2 rings (SSSR count). The van der Waals surface area contributed by atoms with Gasteiger partial charge in [0.25, 0.3) is 5.91 Å². The zero-order chi connectivity index (χ0) is 31.9. The molecule has 41 heavy (non-hydrogen) atoms. The highest BCUT2D eigenvalue weighted by Gasteiger charge is 2.70. The van der Waals surface area contributed by atoms with Crippen LogP contribution in [-0.2, 0) is 19.2 Å². The third kappa shape index (κ3) is 8.10. The quantitative estimate of drug-likeness (QED) is 0.241. The number of hydrogen-bond donors (Lipinski definition) is 5. The van der Waals surface area contributed by atoms with Crippen LogP contribution in [0.1, 0.15) is 68.2 Å². The summed E-state index contributed by atoms with van der Waals surface area (Å²) in [5.41, 5.74) is 3.34. The lowest BCUT2D eigenvalue weighted by Gasteiger charge is -2.38. The molecular weight excluding hydrogens is 547 g/mol. The average molecular weight is 592 g/mol. The number of urea groups is 1. The number of alkyl halides is 3. The van der Waals surface area contributed by atoms with Gasteiger partial charge in [0.1, 0.15) is 12.1 Å². The molecule has 0 aromatic rings. The molecule has 2 unspecified atom stereocenters. The van der Waals surface area contributed by atoms with Crippen LogP contribution in [0, 0.1) is 28.1 Å². The molecule has 2 aliphatic rings. The topological polar surface area (TPSA) is 171 Å². The highest BCUT2D eigenvalue weighted by Crippen LogP contribution is 2.65. The highest BCUT2D eigenvalue weighted by molar-refractivity contribution is 6.37. The molecule has 1 saturated carbocycles. The lowest BCUT2D eigenvalue weighted by atomic mass is 9.85. The van der Waals surface area contributed by atoms with Crippen molar-refractivity contribution in [3.8, 4) is 0 Å². The van der Waals surface area contributed by atoms with Crippen molar-refractivity contribution >= 4 is 29.5 Å².